The summed E-state index contributed by atoms with van der Waals surface area (Å²) in [6.07, 6.45) is 5.01. The predicted molar refractivity (Wildman–Crippen MR) is 76.7 cm³/mol. The minimum Gasteiger partial charge on any atom is -0.394 e. The Kier molecular flexibility index (Phi) is 3.55. The standard InChI is InChI=1S/C14H26N4/c1-5-18-13(12(15)10(2)17-18)16-11-6-8-14(3,4)9-7-11/h11,16H,5-9,15H2,1-4H3. The highest BCUT2D eigenvalue weighted by atomic mass is 15.3. The van der Waals surface area contributed by atoms with Crippen LogP contribution in [0.25, 0.3) is 0 Å². The number of aryl methyl sites for hydroxylation is 2. The number of aromatic nitrogens is 2. The second-order valence-electron chi connectivity index (χ2n) is 6.25. The van der Waals surface area contributed by atoms with Gasteiger partial charge < -0.3 is 11.1 Å². The van der Waals surface area contributed by atoms with E-state index in [4.69, 9.17) is 5.73 Å². The van der Waals surface area contributed by atoms with Gasteiger partial charge in [0.05, 0.1) is 11.4 Å². The fourth-order valence-corrected chi connectivity index (χ4v) is 2.71. The maximum absolute atomic E-state index is 6.10. The highest BCUT2D eigenvalue weighted by molar-refractivity contribution is 5.65. The first kappa shape index (κ1) is 13.2. The van der Waals surface area contributed by atoms with Gasteiger partial charge in [0.25, 0.3) is 0 Å². The molecule has 1 aromatic heterocycles. The topological polar surface area (TPSA) is 55.9 Å². The Balaban J connectivity index is 2.06. The zero-order chi connectivity index (χ0) is 13.3. The van der Waals surface area contributed by atoms with Crippen LogP contribution in [0.15, 0.2) is 0 Å². The molecule has 1 aliphatic carbocycles. The molecule has 1 aliphatic rings. The molecular formula is C14H26N4. The largest absolute Gasteiger partial charge is 0.394 e. The summed E-state index contributed by atoms with van der Waals surface area (Å²) >= 11 is 0. The van der Waals surface area contributed by atoms with Crippen LogP contribution >= 0.6 is 0 Å². The molecule has 4 heteroatoms. The molecule has 0 radical (unpaired) electrons. The molecular weight excluding hydrogens is 224 g/mol. The molecule has 0 atom stereocenters. The monoisotopic (exact) mass is 250 g/mol. The third-order valence-corrected chi connectivity index (χ3v) is 4.15. The van der Waals surface area contributed by atoms with E-state index in [9.17, 15) is 0 Å². The maximum atomic E-state index is 6.10. The van der Waals surface area contributed by atoms with Gasteiger partial charge in [0.15, 0.2) is 0 Å². The van der Waals surface area contributed by atoms with Crippen LogP contribution in [0.3, 0.4) is 0 Å². The van der Waals surface area contributed by atoms with Crippen molar-refractivity contribution in [2.24, 2.45) is 5.41 Å². The normalized spacial score (nSPS) is 20.0. The Labute approximate surface area is 110 Å². The molecule has 1 fully saturated rings. The van der Waals surface area contributed by atoms with Crippen molar-refractivity contribution in [3.8, 4) is 0 Å². The third kappa shape index (κ3) is 2.62. The Bertz CT molecular complexity index is 410. The molecule has 4 nitrogen and oxygen atoms in total. The molecule has 0 aliphatic heterocycles. The minimum absolute atomic E-state index is 0.505. The molecule has 102 valence electrons. The van der Waals surface area contributed by atoms with Crippen molar-refractivity contribution >= 4 is 11.5 Å². The average molecular weight is 250 g/mol. The number of nitrogens with two attached hydrogens (primary N) is 1. The summed E-state index contributed by atoms with van der Waals surface area (Å²) in [4.78, 5) is 0. The molecule has 2 rings (SSSR count). The quantitative estimate of drug-likeness (QED) is 0.866. The second-order valence-corrected chi connectivity index (χ2v) is 6.25. The lowest BCUT2D eigenvalue weighted by Gasteiger charge is -2.35. The van der Waals surface area contributed by atoms with Crippen LogP contribution in [0.2, 0.25) is 0 Å². The summed E-state index contributed by atoms with van der Waals surface area (Å²) in [5, 5.41) is 8.05. The Morgan fingerprint density at radius 1 is 1.39 bits per heavy atom. The van der Waals surface area contributed by atoms with Gasteiger partial charge in [-0.15, -0.1) is 0 Å². The first-order valence-corrected chi connectivity index (χ1v) is 7.02. The lowest BCUT2D eigenvalue weighted by molar-refractivity contribution is 0.232. The molecule has 1 heterocycles. The summed E-state index contributed by atoms with van der Waals surface area (Å²) in [5.41, 5.74) is 8.34. The minimum atomic E-state index is 0.505. The van der Waals surface area contributed by atoms with E-state index in [1.54, 1.807) is 0 Å². The van der Waals surface area contributed by atoms with Gasteiger partial charge in [-0.3, -0.25) is 0 Å². The van der Waals surface area contributed by atoms with Crippen LogP contribution in [0, 0.1) is 12.3 Å². The summed E-state index contributed by atoms with van der Waals surface area (Å²) in [7, 11) is 0. The highest BCUT2D eigenvalue weighted by Gasteiger charge is 2.27. The fourth-order valence-electron chi connectivity index (χ4n) is 2.71. The van der Waals surface area contributed by atoms with Gasteiger partial charge >= 0.3 is 0 Å². The van der Waals surface area contributed by atoms with E-state index >= 15 is 0 Å². The third-order valence-electron chi connectivity index (χ3n) is 4.15. The van der Waals surface area contributed by atoms with Crippen molar-refractivity contribution in [2.45, 2.75) is 66.0 Å². The molecule has 0 unspecified atom stereocenters. The van der Waals surface area contributed by atoms with E-state index in [1.165, 1.54) is 25.7 Å². The van der Waals surface area contributed by atoms with E-state index in [-0.39, 0.29) is 0 Å². The first-order valence-electron chi connectivity index (χ1n) is 7.02. The van der Waals surface area contributed by atoms with Gasteiger partial charge in [-0.1, -0.05) is 13.8 Å². The number of hydrogen-bond acceptors (Lipinski definition) is 3. The number of rotatable bonds is 3. The van der Waals surface area contributed by atoms with E-state index in [1.807, 2.05) is 11.6 Å². The van der Waals surface area contributed by atoms with E-state index in [0.717, 1.165) is 23.7 Å². The van der Waals surface area contributed by atoms with E-state index < -0.39 is 0 Å². The molecule has 0 amide bonds. The van der Waals surface area contributed by atoms with Gasteiger partial charge in [-0.2, -0.15) is 5.10 Å². The average Bonchev–Trinajstić information content (AvgIpc) is 2.59. The van der Waals surface area contributed by atoms with Gasteiger partial charge in [0.2, 0.25) is 0 Å². The van der Waals surface area contributed by atoms with Gasteiger partial charge in [0.1, 0.15) is 5.82 Å². The van der Waals surface area contributed by atoms with Crippen molar-refractivity contribution in [1.29, 1.82) is 0 Å². The van der Waals surface area contributed by atoms with Crippen molar-refractivity contribution in [3.05, 3.63) is 5.69 Å². The number of nitrogen functional groups attached to an aromatic ring is 1. The van der Waals surface area contributed by atoms with Crippen LogP contribution in [0.1, 0.15) is 52.1 Å². The van der Waals surface area contributed by atoms with Crippen molar-refractivity contribution in [3.63, 3.8) is 0 Å². The molecule has 0 aromatic carbocycles. The van der Waals surface area contributed by atoms with Crippen LogP contribution in [0.4, 0.5) is 11.5 Å². The van der Waals surface area contributed by atoms with Crippen molar-refractivity contribution < 1.29 is 0 Å². The lowest BCUT2D eigenvalue weighted by atomic mass is 9.75. The molecule has 1 saturated carbocycles. The van der Waals surface area contributed by atoms with Crippen LogP contribution in [-0.2, 0) is 6.54 Å². The summed E-state index contributed by atoms with van der Waals surface area (Å²) in [6.45, 7) is 9.65. The molecule has 0 spiro atoms. The Hall–Kier alpha value is -1.19. The number of nitrogens with one attached hydrogen (secondary N) is 1. The first-order chi connectivity index (χ1) is 8.43. The SMILES string of the molecule is CCn1nc(C)c(N)c1NC1CCC(C)(C)CC1. The fraction of sp³-hybridized carbons (Fsp3) is 0.786. The zero-order valence-corrected chi connectivity index (χ0v) is 12.1. The Morgan fingerprint density at radius 3 is 2.56 bits per heavy atom. The molecule has 1 aromatic rings. The van der Waals surface area contributed by atoms with E-state index in [2.05, 4.69) is 31.2 Å². The summed E-state index contributed by atoms with van der Waals surface area (Å²) in [5.74, 6) is 1.01. The van der Waals surface area contributed by atoms with Gasteiger partial charge in [-0.05, 0) is 44.9 Å². The van der Waals surface area contributed by atoms with Gasteiger partial charge in [0, 0.05) is 12.6 Å². The summed E-state index contributed by atoms with van der Waals surface area (Å²) < 4.78 is 1.98. The molecule has 3 N–H and O–H groups in total. The lowest BCUT2D eigenvalue weighted by Crippen LogP contribution is -2.30. The highest BCUT2D eigenvalue weighted by Crippen LogP contribution is 2.36. The molecule has 0 bridgehead atoms. The van der Waals surface area contributed by atoms with Crippen molar-refractivity contribution in [2.75, 3.05) is 11.1 Å². The zero-order valence-electron chi connectivity index (χ0n) is 12.1. The Morgan fingerprint density at radius 2 is 2.00 bits per heavy atom. The molecule has 18 heavy (non-hydrogen) atoms. The maximum Gasteiger partial charge on any atom is 0.148 e. The number of hydrogen-bond donors (Lipinski definition) is 2. The smallest absolute Gasteiger partial charge is 0.148 e. The second kappa shape index (κ2) is 4.82. The molecule has 0 saturated heterocycles. The van der Waals surface area contributed by atoms with Crippen LogP contribution in [0.5, 0.6) is 0 Å². The van der Waals surface area contributed by atoms with Crippen LogP contribution < -0.4 is 11.1 Å². The predicted octanol–water partition coefficient (Wildman–Crippen LogP) is 3.17. The van der Waals surface area contributed by atoms with Gasteiger partial charge in [-0.25, -0.2) is 4.68 Å². The van der Waals surface area contributed by atoms with E-state index in [0.29, 0.717) is 11.5 Å². The number of nitrogens with zero attached hydrogens (tertiary/aromatic N) is 2. The number of anilines is 2. The van der Waals surface area contributed by atoms with Crippen LogP contribution in [-0.4, -0.2) is 15.8 Å². The van der Waals surface area contributed by atoms with Crippen molar-refractivity contribution in [1.82, 2.24) is 9.78 Å². The summed E-state index contributed by atoms with van der Waals surface area (Å²) in [6, 6.07) is 0.543.